The van der Waals surface area contributed by atoms with Gasteiger partial charge in [0, 0.05) is 6.07 Å². The molecule has 0 bridgehead atoms. The van der Waals surface area contributed by atoms with Crippen LogP contribution in [-0.2, 0) is 25.7 Å². The first-order valence-electron chi connectivity index (χ1n) is 12.7. The van der Waals surface area contributed by atoms with E-state index in [2.05, 4.69) is 36.4 Å². The molecule has 0 fully saturated rings. The van der Waals surface area contributed by atoms with Crippen LogP contribution in [0.15, 0.2) is 78.9 Å². The van der Waals surface area contributed by atoms with Crippen LogP contribution in [0.5, 0.6) is 40.2 Å². The van der Waals surface area contributed by atoms with Gasteiger partial charge in [0.1, 0.15) is 23.0 Å². The molecule has 6 heteroatoms. The molecule has 5 rings (SSSR count). The summed E-state index contributed by atoms with van der Waals surface area (Å²) in [5.41, 5.74) is 4.78. The lowest BCUT2D eigenvalue weighted by molar-refractivity contribution is 0.171. The Labute approximate surface area is 223 Å². The van der Waals surface area contributed by atoms with Crippen LogP contribution in [0.2, 0.25) is 0 Å². The summed E-state index contributed by atoms with van der Waals surface area (Å²) >= 11 is 0. The van der Waals surface area contributed by atoms with Gasteiger partial charge >= 0.3 is 0 Å². The van der Waals surface area contributed by atoms with Crippen molar-refractivity contribution in [1.82, 2.24) is 0 Å². The van der Waals surface area contributed by atoms with Gasteiger partial charge in [-0.2, -0.15) is 0 Å². The molecule has 196 valence electrons. The Kier molecular flexibility index (Phi) is 7.88. The zero-order valence-electron chi connectivity index (χ0n) is 22.0. The average Bonchev–Trinajstić information content (AvgIpc) is 3.44. The zero-order valence-corrected chi connectivity index (χ0v) is 22.0. The molecule has 0 radical (unpaired) electrons. The van der Waals surface area contributed by atoms with Crippen LogP contribution in [0.4, 0.5) is 0 Å². The van der Waals surface area contributed by atoms with Gasteiger partial charge in [0.05, 0.1) is 21.3 Å². The maximum atomic E-state index is 6.20. The first kappa shape index (κ1) is 25.3. The van der Waals surface area contributed by atoms with Crippen LogP contribution in [0.3, 0.4) is 0 Å². The van der Waals surface area contributed by atoms with Gasteiger partial charge in [0.15, 0.2) is 11.5 Å². The molecule has 0 unspecified atom stereocenters. The molecule has 0 atom stereocenters. The summed E-state index contributed by atoms with van der Waals surface area (Å²) in [4.78, 5) is 0. The smallest absolute Gasteiger partial charge is 0.231 e. The SMILES string of the molecule is COc1ccc(CCc2cc(OC)cc(Oc3ccc(CCc4cc(OC)c5c(c4)OCO5)cc3)c2)cc1. The van der Waals surface area contributed by atoms with Gasteiger partial charge in [-0.25, -0.2) is 0 Å². The summed E-state index contributed by atoms with van der Waals surface area (Å²) < 4.78 is 33.5. The normalized spacial score (nSPS) is 11.8. The quantitative estimate of drug-likeness (QED) is 0.220. The highest BCUT2D eigenvalue weighted by atomic mass is 16.7. The fourth-order valence-electron chi connectivity index (χ4n) is 4.51. The van der Waals surface area contributed by atoms with Crippen molar-refractivity contribution in [2.45, 2.75) is 25.7 Å². The Balaban J connectivity index is 1.20. The maximum absolute atomic E-state index is 6.20. The minimum Gasteiger partial charge on any atom is -0.497 e. The van der Waals surface area contributed by atoms with E-state index in [4.69, 9.17) is 28.4 Å². The first-order valence-corrected chi connectivity index (χ1v) is 12.7. The third-order valence-corrected chi connectivity index (χ3v) is 6.62. The van der Waals surface area contributed by atoms with Gasteiger partial charge in [-0.1, -0.05) is 24.3 Å². The molecule has 4 aromatic rings. The molecule has 4 aromatic carbocycles. The van der Waals surface area contributed by atoms with Gasteiger partial charge in [-0.3, -0.25) is 0 Å². The Hall–Kier alpha value is -4.32. The van der Waals surface area contributed by atoms with Crippen molar-refractivity contribution in [3.8, 4) is 40.2 Å². The molecule has 0 saturated heterocycles. The second-order valence-corrected chi connectivity index (χ2v) is 9.14. The van der Waals surface area contributed by atoms with E-state index in [9.17, 15) is 0 Å². The van der Waals surface area contributed by atoms with Gasteiger partial charge < -0.3 is 28.4 Å². The lowest BCUT2D eigenvalue weighted by Crippen LogP contribution is -1.95. The van der Waals surface area contributed by atoms with Crippen molar-refractivity contribution in [3.63, 3.8) is 0 Å². The topological polar surface area (TPSA) is 55.4 Å². The summed E-state index contributed by atoms with van der Waals surface area (Å²) in [7, 11) is 5.00. The van der Waals surface area contributed by atoms with E-state index >= 15 is 0 Å². The molecule has 0 saturated carbocycles. The number of methoxy groups -OCH3 is 3. The minimum atomic E-state index is 0.230. The molecule has 1 aliphatic heterocycles. The van der Waals surface area contributed by atoms with E-state index in [1.165, 1.54) is 11.1 Å². The van der Waals surface area contributed by atoms with Crippen molar-refractivity contribution < 1.29 is 28.4 Å². The highest BCUT2D eigenvalue weighted by Crippen LogP contribution is 2.42. The number of aryl methyl sites for hydroxylation is 4. The summed E-state index contributed by atoms with van der Waals surface area (Å²) in [6, 6.07) is 26.5. The number of rotatable bonds is 11. The third-order valence-electron chi connectivity index (χ3n) is 6.62. The Morgan fingerprint density at radius 3 is 1.74 bits per heavy atom. The number of hydrogen-bond acceptors (Lipinski definition) is 6. The zero-order chi connectivity index (χ0) is 26.3. The van der Waals surface area contributed by atoms with Crippen LogP contribution in [-0.4, -0.2) is 28.1 Å². The first-order chi connectivity index (χ1) is 18.6. The van der Waals surface area contributed by atoms with E-state index in [-0.39, 0.29) is 6.79 Å². The van der Waals surface area contributed by atoms with Crippen LogP contribution in [0.25, 0.3) is 0 Å². The lowest BCUT2D eigenvalue weighted by Gasteiger charge is -2.12. The number of hydrogen-bond donors (Lipinski definition) is 0. The van der Waals surface area contributed by atoms with Gasteiger partial charge in [0.25, 0.3) is 0 Å². The average molecular weight is 513 g/mol. The second-order valence-electron chi connectivity index (χ2n) is 9.14. The fourth-order valence-corrected chi connectivity index (χ4v) is 4.51. The minimum absolute atomic E-state index is 0.230. The summed E-state index contributed by atoms with van der Waals surface area (Å²) in [5, 5.41) is 0. The standard InChI is InChI=1S/C32H32O6/c1-33-26-12-8-22(9-13-26)4-6-24-16-28(34-2)20-29(17-24)38-27-14-10-23(11-15-27)5-7-25-18-30(35-3)32-31(19-25)36-21-37-32/h8-20H,4-7,21H2,1-3H3. The summed E-state index contributed by atoms with van der Waals surface area (Å²) in [6.07, 6.45) is 3.54. The van der Waals surface area contributed by atoms with E-state index in [0.29, 0.717) is 11.5 Å². The van der Waals surface area contributed by atoms with Gasteiger partial charge in [-0.15, -0.1) is 0 Å². The Morgan fingerprint density at radius 2 is 1.11 bits per heavy atom. The van der Waals surface area contributed by atoms with E-state index in [1.807, 2.05) is 42.5 Å². The molecule has 0 aromatic heterocycles. The van der Waals surface area contributed by atoms with Crippen molar-refractivity contribution in [3.05, 3.63) is 101 Å². The summed E-state index contributed by atoms with van der Waals surface area (Å²) in [6.45, 7) is 0.230. The molecule has 0 spiro atoms. The third kappa shape index (κ3) is 6.14. The van der Waals surface area contributed by atoms with E-state index < -0.39 is 0 Å². The molecule has 1 aliphatic rings. The van der Waals surface area contributed by atoms with Crippen LogP contribution < -0.4 is 28.4 Å². The van der Waals surface area contributed by atoms with Crippen molar-refractivity contribution in [1.29, 1.82) is 0 Å². The summed E-state index contributed by atoms with van der Waals surface area (Å²) in [5.74, 6) is 5.32. The molecule has 0 N–H and O–H groups in total. The predicted molar refractivity (Wildman–Crippen MR) is 146 cm³/mol. The molecular weight excluding hydrogens is 480 g/mol. The molecule has 0 aliphatic carbocycles. The van der Waals surface area contributed by atoms with Crippen molar-refractivity contribution >= 4 is 0 Å². The predicted octanol–water partition coefficient (Wildman–Crippen LogP) is 6.80. The van der Waals surface area contributed by atoms with Crippen molar-refractivity contribution in [2.75, 3.05) is 28.1 Å². The number of ether oxygens (including phenoxy) is 6. The largest absolute Gasteiger partial charge is 0.497 e. The highest BCUT2D eigenvalue weighted by Gasteiger charge is 2.20. The lowest BCUT2D eigenvalue weighted by atomic mass is 10.0. The van der Waals surface area contributed by atoms with E-state index in [1.54, 1.807) is 21.3 Å². The molecule has 0 amide bonds. The van der Waals surface area contributed by atoms with Crippen LogP contribution in [0.1, 0.15) is 22.3 Å². The van der Waals surface area contributed by atoms with Crippen molar-refractivity contribution in [2.24, 2.45) is 0 Å². The van der Waals surface area contributed by atoms with Gasteiger partial charge in [-0.05, 0) is 96.5 Å². The Bertz CT molecular complexity index is 1360. The van der Waals surface area contributed by atoms with Crippen LogP contribution >= 0.6 is 0 Å². The molecular formula is C32H32O6. The second kappa shape index (κ2) is 11.8. The fraction of sp³-hybridized carbons (Fsp3) is 0.250. The maximum Gasteiger partial charge on any atom is 0.231 e. The Morgan fingerprint density at radius 1 is 0.526 bits per heavy atom. The molecule has 1 heterocycles. The monoisotopic (exact) mass is 512 g/mol. The van der Waals surface area contributed by atoms with E-state index in [0.717, 1.165) is 65.6 Å². The highest BCUT2D eigenvalue weighted by molar-refractivity contribution is 5.55. The molecule has 6 nitrogen and oxygen atoms in total. The van der Waals surface area contributed by atoms with Gasteiger partial charge in [0.2, 0.25) is 12.5 Å². The number of benzene rings is 4. The van der Waals surface area contributed by atoms with Crippen LogP contribution in [0, 0.1) is 0 Å². The number of fused-ring (bicyclic) bond motifs is 1. The molecule has 38 heavy (non-hydrogen) atoms.